The summed E-state index contributed by atoms with van der Waals surface area (Å²) in [4.78, 5) is 16.7. The van der Waals surface area contributed by atoms with Gasteiger partial charge in [0.05, 0.1) is 5.52 Å². The summed E-state index contributed by atoms with van der Waals surface area (Å²) < 4.78 is 0. The van der Waals surface area contributed by atoms with Crippen LogP contribution >= 0.6 is 0 Å². The molecule has 2 aromatic rings. The quantitative estimate of drug-likeness (QED) is 0.861. The lowest BCUT2D eigenvalue weighted by molar-refractivity contribution is 0.466. The molecular weight excluding hydrogens is 238 g/mol. The maximum Gasteiger partial charge on any atom is 0.248 e. The van der Waals surface area contributed by atoms with Crippen LogP contribution in [0.15, 0.2) is 35.1 Å². The summed E-state index contributed by atoms with van der Waals surface area (Å²) in [6.45, 7) is 5.27. The molecule has 4 nitrogen and oxygen atoms in total. The number of H-pyrrole nitrogens is 1. The first kappa shape index (κ1) is 12.2. The van der Waals surface area contributed by atoms with Crippen molar-refractivity contribution in [3.05, 3.63) is 40.7 Å². The minimum atomic E-state index is -0.0444. The molecule has 100 valence electrons. The molecule has 1 unspecified atom stereocenters. The molecule has 0 amide bonds. The molecule has 19 heavy (non-hydrogen) atoms. The van der Waals surface area contributed by atoms with Crippen molar-refractivity contribution in [2.75, 3.05) is 24.5 Å². The fourth-order valence-corrected chi connectivity index (χ4v) is 2.78. The Hall–Kier alpha value is -1.81. The number of benzene rings is 1. The zero-order valence-electron chi connectivity index (χ0n) is 11.1. The molecule has 3 rings (SSSR count). The van der Waals surface area contributed by atoms with Gasteiger partial charge in [0.1, 0.15) is 0 Å². The smallest absolute Gasteiger partial charge is 0.248 e. The summed E-state index contributed by atoms with van der Waals surface area (Å²) in [5, 5.41) is 4.51. The predicted molar refractivity (Wildman–Crippen MR) is 78.9 cm³/mol. The summed E-state index contributed by atoms with van der Waals surface area (Å²) in [6.07, 6.45) is 1.12. The summed E-state index contributed by atoms with van der Waals surface area (Å²) >= 11 is 0. The van der Waals surface area contributed by atoms with Crippen molar-refractivity contribution in [3.8, 4) is 0 Å². The fourth-order valence-electron chi connectivity index (χ4n) is 2.78. The molecule has 1 fully saturated rings. The van der Waals surface area contributed by atoms with E-state index in [2.05, 4.69) is 40.3 Å². The van der Waals surface area contributed by atoms with E-state index in [9.17, 15) is 4.79 Å². The van der Waals surface area contributed by atoms with Gasteiger partial charge in [0.2, 0.25) is 5.56 Å². The number of fused-ring (bicyclic) bond motifs is 1. The van der Waals surface area contributed by atoms with Gasteiger partial charge in [0, 0.05) is 37.4 Å². The van der Waals surface area contributed by atoms with Crippen LogP contribution < -0.4 is 15.8 Å². The van der Waals surface area contributed by atoms with E-state index in [1.54, 1.807) is 6.07 Å². The van der Waals surface area contributed by atoms with Crippen molar-refractivity contribution in [1.29, 1.82) is 0 Å². The predicted octanol–water partition coefficient (Wildman–Crippen LogP) is 1.72. The topological polar surface area (TPSA) is 48.1 Å². The summed E-state index contributed by atoms with van der Waals surface area (Å²) in [6, 6.07) is 10.3. The van der Waals surface area contributed by atoms with Crippen molar-refractivity contribution < 1.29 is 0 Å². The van der Waals surface area contributed by atoms with Gasteiger partial charge in [-0.25, -0.2) is 0 Å². The number of hydrogen-bond acceptors (Lipinski definition) is 3. The number of anilines is 1. The first-order valence-electron chi connectivity index (χ1n) is 6.88. The van der Waals surface area contributed by atoms with Crippen LogP contribution in [-0.4, -0.2) is 30.7 Å². The average molecular weight is 257 g/mol. The molecule has 1 aromatic heterocycles. The van der Waals surface area contributed by atoms with Crippen LogP contribution in [0.25, 0.3) is 10.9 Å². The van der Waals surface area contributed by atoms with Crippen molar-refractivity contribution in [1.82, 2.24) is 10.3 Å². The van der Waals surface area contributed by atoms with Gasteiger partial charge in [0.25, 0.3) is 0 Å². The second-order valence-electron chi connectivity index (χ2n) is 5.05. The molecule has 4 heteroatoms. The Morgan fingerprint density at radius 1 is 1.32 bits per heavy atom. The van der Waals surface area contributed by atoms with Gasteiger partial charge < -0.3 is 15.2 Å². The van der Waals surface area contributed by atoms with E-state index in [1.165, 1.54) is 5.69 Å². The molecule has 0 aliphatic carbocycles. The molecule has 0 bridgehead atoms. The highest BCUT2D eigenvalue weighted by Crippen LogP contribution is 2.23. The highest BCUT2D eigenvalue weighted by Gasteiger charge is 2.20. The number of nitrogens with zero attached hydrogens (tertiary/aromatic N) is 1. The van der Waals surface area contributed by atoms with E-state index >= 15 is 0 Å². The van der Waals surface area contributed by atoms with Crippen LogP contribution in [0.1, 0.15) is 13.3 Å². The zero-order valence-corrected chi connectivity index (χ0v) is 11.1. The van der Waals surface area contributed by atoms with Gasteiger partial charge in [0.15, 0.2) is 0 Å². The summed E-state index contributed by atoms with van der Waals surface area (Å²) in [5.41, 5.74) is 2.07. The molecule has 1 atom stereocenters. The first-order valence-corrected chi connectivity index (χ1v) is 6.88. The molecule has 1 aromatic carbocycles. The van der Waals surface area contributed by atoms with Gasteiger partial charge in [-0.1, -0.05) is 13.0 Å². The normalized spacial score (nSPS) is 19.8. The van der Waals surface area contributed by atoms with E-state index in [4.69, 9.17) is 0 Å². The fraction of sp³-hybridized carbons (Fsp3) is 0.400. The maximum absolute atomic E-state index is 11.4. The van der Waals surface area contributed by atoms with Gasteiger partial charge in [-0.05, 0) is 30.0 Å². The van der Waals surface area contributed by atoms with Crippen molar-refractivity contribution in [2.24, 2.45) is 0 Å². The molecule has 2 N–H and O–H groups in total. The Morgan fingerprint density at radius 3 is 3.00 bits per heavy atom. The average Bonchev–Trinajstić information content (AvgIpc) is 2.46. The molecule has 1 saturated heterocycles. The zero-order chi connectivity index (χ0) is 13.2. The molecule has 1 aliphatic rings. The van der Waals surface area contributed by atoms with E-state index in [0.29, 0.717) is 6.04 Å². The van der Waals surface area contributed by atoms with Crippen LogP contribution in [0, 0.1) is 0 Å². The van der Waals surface area contributed by atoms with Crippen LogP contribution in [-0.2, 0) is 0 Å². The Balaban J connectivity index is 2.01. The first-order chi connectivity index (χ1) is 9.28. The number of hydrogen-bond donors (Lipinski definition) is 2. The van der Waals surface area contributed by atoms with Crippen LogP contribution in [0.4, 0.5) is 5.69 Å². The van der Waals surface area contributed by atoms with Crippen molar-refractivity contribution >= 4 is 16.6 Å². The van der Waals surface area contributed by atoms with E-state index in [0.717, 1.165) is 37.0 Å². The van der Waals surface area contributed by atoms with Crippen molar-refractivity contribution in [3.63, 3.8) is 0 Å². The molecular formula is C15H19N3O. The lowest BCUT2D eigenvalue weighted by Crippen LogP contribution is -2.51. The van der Waals surface area contributed by atoms with Crippen LogP contribution in [0.5, 0.6) is 0 Å². The van der Waals surface area contributed by atoms with Gasteiger partial charge in [-0.15, -0.1) is 0 Å². The highest BCUT2D eigenvalue weighted by atomic mass is 16.1. The Labute approximate surface area is 112 Å². The second kappa shape index (κ2) is 5.05. The lowest BCUT2D eigenvalue weighted by atomic mass is 10.1. The van der Waals surface area contributed by atoms with E-state index in [1.807, 2.05) is 6.07 Å². The number of aromatic amines is 1. The summed E-state index contributed by atoms with van der Waals surface area (Å²) in [7, 11) is 0. The van der Waals surface area contributed by atoms with E-state index < -0.39 is 0 Å². The van der Waals surface area contributed by atoms with E-state index in [-0.39, 0.29) is 5.56 Å². The number of aromatic nitrogens is 1. The number of pyridine rings is 1. The van der Waals surface area contributed by atoms with Crippen molar-refractivity contribution in [2.45, 2.75) is 19.4 Å². The van der Waals surface area contributed by atoms with Crippen LogP contribution in [0.3, 0.4) is 0 Å². The third-order valence-electron chi connectivity index (χ3n) is 3.86. The minimum absolute atomic E-state index is 0.0444. The third-order valence-corrected chi connectivity index (χ3v) is 3.86. The number of rotatable bonds is 2. The highest BCUT2D eigenvalue weighted by molar-refractivity contribution is 5.82. The lowest BCUT2D eigenvalue weighted by Gasteiger charge is -2.37. The molecule has 0 spiro atoms. The second-order valence-corrected chi connectivity index (χ2v) is 5.05. The number of piperazine rings is 1. The standard InChI is InChI=1S/C15H19N3O/c1-2-12-10-16-7-8-18(12)13-5-3-11-4-6-15(19)17-14(11)9-13/h3-6,9,12,16H,2,7-8,10H2,1H3,(H,17,19). The Morgan fingerprint density at radius 2 is 2.16 bits per heavy atom. The Kier molecular flexibility index (Phi) is 3.25. The van der Waals surface area contributed by atoms with Gasteiger partial charge in [-0.3, -0.25) is 4.79 Å². The molecule has 0 radical (unpaired) electrons. The maximum atomic E-state index is 11.4. The number of nitrogens with one attached hydrogen (secondary N) is 2. The third kappa shape index (κ3) is 2.36. The van der Waals surface area contributed by atoms with Gasteiger partial charge >= 0.3 is 0 Å². The summed E-state index contributed by atoms with van der Waals surface area (Å²) in [5.74, 6) is 0. The SMILES string of the molecule is CCC1CNCCN1c1ccc2ccc(=O)[nH]c2c1. The molecule has 2 heterocycles. The molecule has 1 aliphatic heterocycles. The Bertz CT molecular complexity index is 635. The molecule has 0 saturated carbocycles. The van der Waals surface area contributed by atoms with Gasteiger partial charge in [-0.2, -0.15) is 0 Å². The largest absolute Gasteiger partial charge is 0.366 e. The monoisotopic (exact) mass is 257 g/mol. The van der Waals surface area contributed by atoms with Crippen LogP contribution in [0.2, 0.25) is 0 Å². The minimum Gasteiger partial charge on any atom is -0.366 e.